The first-order valence-electron chi connectivity index (χ1n) is 6.10. The van der Waals surface area contributed by atoms with Crippen molar-refractivity contribution in [3.8, 4) is 11.5 Å². The Morgan fingerprint density at radius 2 is 1.95 bits per heavy atom. The van der Waals surface area contributed by atoms with Crippen molar-refractivity contribution in [1.82, 2.24) is 0 Å². The van der Waals surface area contributed by atoms with Crippen molar-refractivity contribution < 1.29 is 24.1 Å². The molecule has 0 aliphatic carbocycles. The minimum atomic E-state index is -1.04. The summed E-state index contributed by atoms with van der Waals surface area (Å²) in [5.41, 5.74) is 5.79. The largest absolute Gasteiger partial charge is 0.486 e. The van der Waals surface area contributed by atoms with Crippen molar-refractivity contribution in [1.29, 1.82) is 0 Å². The van der Waals surface area contributed by atoms with Crippen LogP contribution in [0.2, 0.25) is 0 Å². The maximum Gasteiger partial charge on any atom is 0.316 e. The Kier molecular flexibility index (Phi) is 2.83. The molecule has 0 spiro atoms. The van der Waals surface area contributed by atoms with Gasteiger partial charge in [-0.25, -0.2) is 0 Å². The second-order valence-electron chi connectivity index (χ2n) is 4.83. The summed E-state index contributed by atoms with van der Waals surface area (Å²) in [5.74, 6) is 0.345. The summed E-state index contributed by atoms with van der Waals surface area (Å²) < 4.78 is 15.9. The number of nitrogens with two attached hydrogens (primary N) is 1. The van der Waals surface area contributed by atoms with E-state index in [1.807, 2.05) is 0 Å². The second-order valence-corrected chi connectivity index (χ2v) is 4.83. The van der Waals surface area contributed by atoms with Gasteiger partial charge in [0.15, 0.2) is 11.5 Å². The zero-order valence-corrected chi connectivity index (χ0v) is 10.3. The van der Waals surface area contributed by atoms with Gasteiger partial charge in [0.25, 0.3) is 0 Å². The molecule has 2 heterocycles. The van der Waals surface area contributed by atoms with Crippen molar-refractivity contribution in [2.45, 2.75) is 6.04 Å². The molecule has 19 heavy (non-hydrogen) atoms. The van der Waals surface area contributed by atoms with Gasteiger partial charge in [0, 0.05) is 0 Å². The van der Waals surface area contributed by atoms with E-state index in [0.717, 1.165) is 5.56 Å². The summed E-state index contributed by atoms with van der Waals surface area (Å²) in [4.78, 5) is 11.4. The minimum absolute atomic E-state index is 0.137. The number of benzene rings is 1. The van der Waals surface area contributed by atoms with Gasteiger partial charge in [0.05, 0.1) is 19.3 Å². The number of carbonyl (C=O) groups is 1. The molecule has 102 valence electrons. The average Bonchev–Trinajstić information content (AvgIpc) is 2.36. The van der Waals surface area contributed by atoms with Crippen molar-refractivity contribution in [2.24, 2.45) is 11.1 Å². The van der Waals surface area contributed by atoms with Gasteiger partial charge in [-0.2, -0.15) is 0 Å². The van der Waals surface area contributed by atoms with Crippen LogP contribution in [-0.2, 0) is 9.53 Å². The highest BCUT2D eigenvalue weighted by atomic mass is 16.6. The highest BCUT2D eigenvalue weighted by Crippen LogP contribution is 2.41. The van der Waals surface area contributed by atoms with Crippen LogP contribution in [0.15, 0.2) is 18.2 Å². The molecule has 0 bridgehead atoms. The number of hydrogen-bond acceptors (Lipinski definition) is 5. The predicted octanol–water partition coefficient (Wildman–Crippen LogP) is 0.559. The third-order valence-corrected chi connectivity index (χ3v) is 3.67. The van der Waals surface area contributed by atoms with Crippen LogP contribution >= 0.6 is 0 Å². The number of hydrogen-bond donors (Lipinski definition) is 2. The van der Waals surface area contributed by atoms with Crippen molar-refractivity contribution in [2.75, 3.05) is 26.4 Å². The molecule has 6 heteroatoms. The van der Waals surface area contributed by atoms with Crippen LogP contribution in [-0.4, -0.2) is 37.5 Å². The van der Waals surface area contributed by atoms with Crippen LogP contribution in [0.25, 0.3) is 0 Å². The van der Waals surface area contributed by atoms with Gasteiger partial charge in [0.1, 0.15) is 18.6 Å². The van der Waals surface area contributed by atoms with E-state index in [1.54, 1.807) is 18.2 Å². The zero-order valence-electron chi connectivity index (χ0n) is 10.3. The number of carboxylic acid groups (broad SMARTS) is 1. The average molecular weight is 265 g/mol. The third-order valence-electron chi connectivity index (χ3n) is 3.67. The molecule has 3 N–H and O–H groups in total. The fourth-order valence-electron chi connectivity index (χ4n) is 2.33. The lowest BCUT2D eigenvalue weighted by Crippen LogP contribution is -2.55. The van der Waals surface area contributed by atoms with Gasteiger partial charge in [0.2, 0.25) is 0 Å². The molecule has 0 amide bonds. The fourth-order valence-corrected chi connectivity index (χ4v) is 2.33. The molecule has 2 aliphatic rings. The van der Waals surface area contributed by atoms with Crippen LogP contribution in [0.3, 0.4) is 0 Å². The molecule has 0 aromatic heterocycles. The topological polar surface area (TPSA) is 91.0 Å². The van der Waals surface area contributed by atoms with E-state index < -0.39 is 17.4 Å². The van der Waals surface area contributed by atoms with E-state index in [-0.39, 0.29) is 13.2 Å². The Morgan fingerprint density at radius 1 is 1.26 bits per heavy atom. The lowest BCUT2D eigenvalue weighted by atomic mass is 9.75. The van der Waals surface area contributed by atoms with Crippen molar-refractivity contribution in [3.63, 3.8) is 0 Å². The van der Waals surface area contributed by atoms with E-state index in [1.165, 1.54) is 0 Å². The molecule has 6 nitrogen and oxygen atoms in total. The molecule has 0 saturated carbocycles. The molecule has 2 aliphatic heterocycles. The first-order valence-corrected chi connectivity index (χ1v) is 6.10. The van der Waals surface area contributed by atoms with E-state index in [4.69, 9.17) is 19.9 Å². The van der Waals surface area contributed by atoms with E-state index in [0.29, 0.717) is 24.7 Å². The number of ether oxygens (including phenoxy) is 3. The molecule has 1 aromatic rings. The summed E-state index contributed by atoms with van der Waals surface area (Å²) in [5, 5.41) is 9.34. The first kappa shape index (κ1) is 12.3. The summed E-state index contributed by atoms with van der Waals surface area (Å²) in [6.07, 6.45) is 0. The molecule has 0 radical (unpaired) electrons. The quantitative estimate of drug-likeness (QED) is 0.829. The van der Waals surface area contributed by atoms with E-state index in [9.17, 15) is 9.90 Å². The lowest BCUT2D eigenvalue weighted by Gasteiger charge is -2.42. The van der Waals surface area contributed by atoms with E-state index >= 15 is 0 Å². The third kappa shape index (κ3) is 1.84. The lowest BCUT2D eigenvalue weighted by molar-refractivity contribution is -0.184. The van der Waals surface area contributed by atoms with Crippen LogP contribution in [0.1, 0.15) is 11.6 Å². The van der Waals surface area contributed by atoms with E-state index in [2.05, 4.69) is 0 Å². The molecule has 1 unspecified atom stereocenters. The highest BCUT2D eigenvalue weighted by Gasteiger charge is 2.51. The van der Waals surface area contributed by atoms with Gasteiger partial charge < -0.3 is 25.1 Å². The molecule has 3 rings (SSSR count). The predicted molar refractivity (Wildman–Crippen MR) is 65.2 cm³/mol. The Labute approximate surface area is 110 Å². The zero-order chi connectivity index (χ0) is 13.5. The normalized spacial score (nSPS) is 21.3. The van der Waals surface area contributed by atoms with Gasteiger partial charge in [-0.1, -0.05) is 6.07 Å². The molecule has 1 saturated heterocycles. The second kappa shape index (κ2) is 4.40. The van der Waals surface area contributed by atoms with Gasteiger partial charge in [-0.05, 0) is 17.7 Å². The Bertz CT molecular complexity index is 512. The first-order chi connectivity index (χ1) is 9.13. The molecular formula is C13H15NO5. The maximum absolute atomic E-state index is 11.4. The Balaban J connectivity index is 1.91. The Hall–Kier alpha value is -1.79. The SMILES string of the molecule is NC(c1ccc2c(c1)OCCO2)C1(C(=O)O)COC1. The number of rotatable bonds is 3. The molecule has 1 aromatic carbocycles. The fraction of sp³-hybridized carbons (Fsp3) is 0.462. The number of aliphatic carboxylic acids is 1. The summed E-state index contributed by atoms with van der Waals surface area (Å²) in [6, 6.07) is 4.66. The number of fused-ring (bicyclic) bond motifs is 1. The van der Waals surface area contributed by atoms with Gasteiger partial charge in [-0.3, -0.25) is 4.79 Å². The summed E-state index contributed by atoms with van der Waals surface area (Å²) in [7, 11) is 0. The smallest absolute Gasteiger partial charge is 0.316 e. The molecule has 1 fully saturated rings. The van der Waals surface area contributed by atoms with Crippen molar-refractivity contribution in [3.05, 3.63) is 23.8 Å². The van der Waals surface area contributed by atoms with Crippen LogP contribution in [0, 0.1) is 5.41 Å². The molecular weight excluding hydrogens is 250 g/mol. The highest BCUT2D eigenvalue weighted by molar-refractivity contribution is 5.77. The summed E-state index contributed by atoms with van der Waals surface area (Å²) in [6.45, 7) is 1.28. The standard InChI is InChI=1S/C13H15NO5/c14-11(13(12(15)16)6-17-7-13)8-1-2-9-10(5-8)19-4-3-18-9/h1-2,5,11H,3-4,6-7,14H2,(H,15,16). The Morgan fingerprint density at radius 3 is 2.53 bits per heavy atom. The molecule has 1 atom stereocenters. The van der Waals surface area contributed by atoms with Crippen LogP contribution in [0.4, 0.5) is 0 Å². The number of carboxylic acids is 1. The van der Waals surface area contributed by atoms with Crippen LogP contribution < -0.4 is 15.2 Å². The van der Waals surface area contributed by atoms with Gasteiger partial charge in [-0.15, -0.1) is 0 Å². The van der Waals surface area contributed by atoms with Gasteiger partial charge >= 0.3 is 5.97 Å². The van der Waals surface area contributed by atoms with Crippen LogP contribution in [0.5, 0.6) is 11.5 Å². The van der Waals surface area contributed by atoms with Crippen molar-refractivity contribution >= 4 is 5.97 Å². The maximum atomic E-state index is 11.4. The minimum Gasteiger partial charge on any atom is -0.486 e. The monoisotopic (exact) mass is 265 g/mol. The summed E-state index contributed by atoms with van der Waals surface area (Å²) >= 11 is 0.